The van der Waals surface area contributed by atoms with Crippen LogP contribution in [0.3, 0.4) is 0 Å². The number of hydrogen-bond donors (Lipinski definition) is 3. The second kappa shape index (κ2) is 9.47. The van der Waals surface area contributed by atoms with Gasteiger partial charge < -0.3 is 10.6 Å². The predicted molar refractivity (Wildman–Crippen MR) is 98.4 cm³/mol. The summed E-state index contributed by atoms with van der Waals surface area (Å²) in [5.41, 5.74) is 2.05. The smallest absolute Gasteiger partial charge is 0.356 e. The Morgan fingerprint density at radius 3 is 2.46 bits per heavy atom. The second-order valence-corrected chi connectivity index (χ2v) is 6.09. The molecule has 5 nitrogen and oxygen atoms in total. The highest BCUT2D eigenvalue weighted by Gasteiger charge is 2.41. The van der Waals surface area contributed by atoms with Crippen LogP contribution in [0.1, 0.15) is 36.9 Å². The number of nitrogens with one attached hydrogen (secondary N) is 3. The minimum atomic E-state index is -4.04. The summed E-state index contributed by atoms with van der Waals surface area (Å²) >= 11 is 0. The van der Waals surface area contributed by atoms with E-state index in [9.17, 15) is 13.2 Å². The van der Waals surface area contributed by atoms with E-state index in [2.05, 4.69) is 25.8 Å². The largest absolute Gasteiger partial charge is 0.391 e. The first-order chi connectivity index (χ1) is 10.9. The van der Waals surface area contributed by atoms with E-state index in [0.29, 0.717) is 31.9 Å². The summed E-state index contributed by atoms with van der Waals surface area (Å²) in [6.45, 7) is 3.19. The number of halogens is 4. The van der Waals surface area contributed by atoms with Crippen molar-refractivity contribution in [2.24, 2.45) is 16.8 Å². The summed E-state index contributed by atoms with van der Waals surface area (Å²) in [6, 6.07) is 0. The third-order valence-corrected chi connectivity index (χ3v) is 4.47. The van der Waals surface area contributed by atoms with Crippen LogP contribution >= 0.6 is 24.0 Å². The Bertz CT molecular complexity index is 521. The molecule has 0 bridgehead atoms. The Kier molecular flexibility index (Phi) is 8.31. The van der Waals surface area contributed by atoms with Gasteiger partial charge in [-0.05, 0) is 38.5 Å². The summed E-state index contributed by atoms with van der Waals surface area (Å²) in [6.07, 6.45) is -0.608. The van der Waals surface area contributed by atoms with E-state index in [1.807, 2.05) is 6.92 Å². The maximum Gasteiger partial charge on any atom is 0.391 e. The van der Waals surface area contributed by atoms with Gasteiger partial charge in [-0.2, -0.15) is 18.3 Å². The van der Waals surface area contributed by atoms with E-state index in [1.54, 1.807) is 13.2 Å². The van der Waals surface area contributed by atoms with Crippen molar-refractivity contribution >= 4 is 29.9 Å². The van der Waals surface area contributed by atoms with Crippen molar-refractivity contribution < 1.29 is 13.2 Å². The molecule has 1 fully saturated rings. The highest BCUT2D eigenvalue weighted by molar-refractivity contribution is 14.0. The number of H-pyrrole nitrogens is 1. The van der Waals surface area contributed by atoms with E-state index >= 15 is 0 Å². The molecule has 1 aliphatic carbocycles. The molecule has 0 aromatic carbocycles. The quantitative estimate of drug-likeness (QED) is 0.368. The van der Waals surface area contributed by atoms with Crippen LogP contribution in [0.2, 0.25) is 0 Å². The highest BCUT2D eigenvalue weighted by atomic mass is 127. The van der Waals surface area contributed by atoms with Crippen LogP contribution in [0.25, 0.3) is 0 Å². The van der Waals surface area contributed by atoms with Gasteiger partial charge in [0.05, 0.1) is 12.1 Å². The summed E-state index contributed by atoms with van der Waals surface area (Å²) in [5, 5.41) is 13.2. The second-order valence-electron chi connectivity index (χ2n) is 6.09. The number of aromatic nitrogens is 2. The van der Waals surface area contributed by atoms with Gasteiger partial charge in [0.15, 0.2) is 5.96 Å². The summed E-state index contributed by atoms with van der Waals surface area (Å²) in [4.78, 5) is 4.14. The first kappa shape index (κ1) is 21.0. The topological polar surface area (TPSA) is 65.1 Å². The van der Waals surface area contributed by atoms with Crippen LogP contribution in [-0.4, -0.2) is 35.9 Å². The van der Waals surface area contributed by atoms with Gasteiger partial charge in [0.1, 0.15) is 0 Å². The van der Waals surface area contributed by atoms with Crippen LogP contribution < -0.4 is 10.6 Å². The first-order valence-corrected chi connectivity index (χ1v) is 7.90. The molecule has 0 saturated heterocycles. The molecule has 1 heterocycles. The number of rotatable bonds is 4. The summed E-state index contributed by atoms with van der Waals surface area (Å²) < 4.78 is 38.0. The van der Waals surface area contributed by atoms with Crippen molar-refractivity contribution in [3.8, 4) is 0 Å². The lowest BCUT2D eigenvalue weighted by molar-refractivity contribution is -0.183. The van der Waals surface area contributed by atoms with Gasteiger partial charge in [-0.3, -0.25) is 10.1 Å². The number of alkyl halides is 3. The lowest BCUT2D eigenvalue weighted by atomic mass is 9.81. The molecule has 0 spiro atoms. The van der Waals surface area contributed by atoms with Crippen molar-refractivity contribution in [3.05, 3.63) is 17.5 Å². The van der Waals surface area contributed by atoms with Crippen molar-refractivity contribution in [2.45, 2.75) is 45.3 Å². The molecular weight excluding hydrogens is 434 g/mol. The Balaban J connectivity index is 0.00000288. The molecule has 2 rings (SSSR count). The van der Waals surface area contributed by atoms with E-state index < -0.39 is 12.1 Å². The van der Waals surface area contributed by atoms with Crippen LogP contribution in [0.15, 0.2) is 11.2 Å². The van der Waals surface area contributed by atoms with Gasteiger partial charge in [-0.1, -0.05) is 0 Å². The average Bonchev–Trinajstić information content (AvgIpc) is 2.92. The minimum Gasteiger partial charge on any atom is -0.356 e. The number of aliphatic imine (C=N–C) groups is 1. The molecule has 1 aromatic heterocycles. The number of nitrogens with zero attached hydrogens (tertiary/aromatic N) is 2. The van der Waals surface area contributed by atoms with Crippen molar-refractivity contribution in [1.29, 1.82) is 0 Å². The molecule has 0 unspecified atom stereocenters. The standard InChI is InChI=1S/C15H24F3N5.HI/c1-10-12(9-22-23-10)8-21-14(19-2)20-7-11-3-5-13(6-4-11)15(16,17)18;/h9,11,13H,3-8H2,1-2H3,(H,22,23)(H2,19,20,21);1H. The highest BCUT2D eigenvalue weighted by Crippen LogP contribution is 2.39. The molecule has 24 heavy (non-hydrogen) atoms. The van der Waals surface area contributed by atoms with Crippen molar-refractivity contribution in [2.75, 3.05) is 13.6 Å². The fourth-order valence-electron chi connectivity index (χ4n) is 2.89. The summed E-state index contributed by atoms with van der Waals surface area (Å²) in [5.74, 6) is -0.202. The van der Waals surface area contributed by atoms with Crippen LogP contribution in [-0.2, 0) is 6.54 Å². The molecule has 138 valence electrons. The Morgan fingerprint density at radius 2 is 1.96 bits per heavy atom. The lowest BCUT2D eigenvalue weighted by Gasteiger charge is -2.30. The van der Waals surface area contributed by atoms with Gasteiger partial charge >= 0.3 is 6.18 Å². The fourth-order valence-corrected chi connectivity index (χ4v) is 2.89. The van der Waals surface area contributed by atoms with Gasteiger partial charge in [0, 0.05) is 31.4 Å². The number of aryl methyl sites for hydroxylation is 1. The minimum absolute atomic E-state index is 0. The maximum atomic E-state index is 12.7. The van der Waals surface area contributed by atoms with Crippen LogP contribution in [0.5, 0.6) is 0 Å². The van der Waals surface area contributed by atoms with Gasteiger partial charge in [-0.15, -0.1) is 24.0 Å². The fraction of sp³-hybridized carbons (Fsp3) is 0.733. The lowest BCUT2D eigenvalue weighted by Crippen LogP contribution is -2.40. The molecule has 0 atom stereocenters. The number of hydrogen-bond acceptors (Lipinski definition) is 2. The van der Waals surface area contributed by atoms with E-state index in [0.717, 1.165) is 11.3 Å². The first-order valence-electron chi connectivity index (χ1n) is 7.90. The molecule has 1 aliphatic rings. The molecule has 0 radical (unpaired) electrons. The average molecular weight is 459 g/mol. The monoisotopic (exact) mass is 459 g/mol. The molecule has 1 saturated carbocycles. The Morgan fingerprint density at radius 1 is 1.29 bits per heavy atom. The van der Waals surface area contributed by atoms with Gasteiger partial charge in [-0.25, -0.2) is 0 Å². The molecule has 3 N–H and O–H groups in total. The van der Waals surface area contributed by atoms with Crippen molar-refractivity contribution in [3.63, 3.8) is 0 Å². The Labute approximate surface area is 157 Å². The van der Waals surface area contributed by atoms with E-state index in [1.165, 1.54) is 0 Å². The molecular formula is C15H25F3IN5. The number of aromatic amines is 1. The summed E-state index contributed by atoms with van der Waals surface area (Å²) in [7, 11) is 1.68. The SMILES string of the molecule is CN=C(NCc1cn[nH]c1C)NCC1CCC(C(F)(F)F)CC1.I. The number of guanidine groups is 1. The van der Waals surface area contributed by atoms with Gasteiger partial charge in [0.25, 0.3) is 0 Å². The zero-order chi connectivity index (χ0) is 16.9. The third-order valence-electron chi connectivity index (χ3n) is 4.47. The molecule has 9 heteroatoms. The van der Waals surface area contributed by atoms with E-state index in [-0.39, 0.29) is 42.7 Å². The molecule has 0 amide bonds. The Hall–Kier alpha value is -1.00. The molecule has 1 aromatic rings. The zero-order valence-corrected chi connectivity index (χ0v) is 16.2. The maximum absolute atomic E-state index is 12.7. The van der Waals surface area contributed by atoms with Crippen molar-refractivity contribution in [1.82, 2.24) is 20.8 Å². The van der Waals surface area contributed by atoms with E-state index in [4.69, 9.17) is 0 Å². The third kappa shape index (κ3) is 6.14. The van der Waals surface area contributed by atoms with Gasteiger partial charge in [0.2, 0.25) is 0 Å². The molecule has 0 aliphatic heterocycles. The van der Waals surface area contributed by atoms with Crippen LogP contribution in [0.4, 0.5) is 13.2 Å². The zero-order valence-electron chi connectivity index (χ0n) is 13.9. The predicted octanol–water partition coefficient (Wildman–Crippen LogP) is 3.37. The normalized spacial score (nSPS) is 22.0. The van der Waals surface area contributed by atoms with Crippen LogP contribution in [0, 0.1) is 18.8 Å².